The number of carbonyl (C=O) groups excluding carboxylic acids is 3. The maximum atomic E-state index is 13.4. The lowest BCUT2D eigenvalue weighted by Gasteiger charge is -2.47. The third-order valence-corrected chi connectivity index (χ3v) is 8.18. The summed E-state index contributed by atoms with van der Waals surface area (Å²) in [6.45, 7) is 7.75. The molecule has 3 heterocycles. The molecule has 1 saturated heterocycles. The average molecular weight is 513 g/mol. The number of hydrogen-bond donors (Lipinski definition) is 3. The number of likely N-dealkylation sites (N-methyl/N-ethyl adjacent to an activating group) is 1. The van der Waals surface area contributed by atoms with Gasteiger partial charge in [0.25, 0.3) is 11.8 Å². The monoisotopic (exact) mass is 512 g/mol. The van der Waals surface area contributed by atoms with E-state index >= 15 is 0 Å². The van der Waals surface area contributed by atoms with Crippen LogP contribution in [0.15, 0.2) is 55.1 Å². The van der Waals surface area contributed by atoms with Crippen molar-refractivity contribution in [3.05, 3.63) is 66.4 Å². The van der Waals surface area contributed by atoms with Crippen LogP contribution in [0, 0.1) is 0 Å². The van der Waals surface area contributed by atoms with Gasteiger partial charge in [-0.3, -0.25) is 14.4 Å². The van der Waals surface area contributed by atoms with Gasteiger partial charge in [0.1, 0.15) is 5.69 Å². The zero-order valence-corrected chi connectivity index (χ0v) is 21.5. The molecule has 1 aliphatic carbocycles. The molecular weight excluding hydrogens is 480 g/mol. The second-order valence-corrected chi connectivity index (χ2v) is 10.6. The maximum Gasteiger partial charge on any atom is 0.268 e. The molecule has 196 valence electrons. The van der Waals surface area contributed by atoms with Gasteiger partial charge in [-0.15, -0.1) is 0 Å². The fraction of sp³-hybridized carbons (Fsp3) is 0.345. The molecule has 2 fully saturated rings. The minimum atomic E-state index is -0.304. The number of carbonyl (C=O) groups is 3. The maximum absolute atomic E-state index is 13.4. The Balaban J connectivity index is 1.29. The van der Waals surface area contributed by atoms with Crippen LogP contribution in [-0.2, 0) is 10.3 Å². The number of hydrogen-bond acceptors (Lipinski definition) is 5. The van der Waals surface area contributed by atoms with E-state index in [4.69, 9.17) is 0 Å². The smallest absolute Gasteiger partial charge is 0.268 e. The molecule has 3 aromatic rings. The summed E-state index contributed by atoms with van der Waals surface area (Å²) in [4.78, 5) is 42.6. The van der Waals surface area contributed by atoms with Gasteiger partial charge in [-0.2, -0.15) is 0 Å². The van der Waals surface area contributed by atoms with Crippen molar-refractivity contribution >= 4 is 45.7 Å². The van der Waals surface area contributed by atoms with E-state index in [-0.39, 0.29) is 23.3 Å². The van der Waals surface area contributed by atoms with Gasteiger partial charge >= 0.3 is 0 Å². The SMILES string of the molecule is C=CC(=O)Nc1cc(NC(=O)c2ccc3cc4n(c3c2)C2(CCC2)CNC4=O)ccc1N1CCN(C)CC1. The summed E-state index contributed by atoms with van der Waals surface area (Å²) in [5, 5.41) is 9.87. The first-order valence-corrected chi connectivity index (χ1v) is 13.1. The van der Waals surface area contributed by atoms with Gasteiger partial charge < -0.3 is 30.3 Å². The molecule has 1 saturated carbocycles. The Labute approximate surface area is 221 Å². The molecule has 9 nitrogen and oxygen atoms in total. The van der Waals surface area contributed by atoms with Crippen LogP contribution >= 0.6 is 0 Å². The molecule has 0 atom stereocenters. The number of anilines is 3. The van der Waals surface area contributed by atoms with Crippen molar-refractivity contribution in [1.82, 2.24) is 14.8 Å². The summed E-state index contributed by atoms with van der Waals surface area (Å²) in [5.41, 5.74) is 4.11. The second kappa shape index (κ2) is 9.33. The van der Waals surface area contributed by atoms with Crippen LogP contribution in [0.3, 0.4) is 0 Å². The highest BCUT2D eigenvalue weighted by molar-refractivity contribution is 6.08. The van der Waals surface area contributed by atoms with E-state index in [1.807, 2.05) is 30.3 Å². The van der Waals surface area contributed by atoms with Gasteiger partial charge in [-0.1, -0.05) is 12.6 Å². The van der Waals surface area contributed by atoms with Crippen LogP contribution in [0.4, 0.5) is 17.1 Å². The van der Waals surface area contributed by atoms with E-state index in [9.17, 15) is 14.4 Å². The first kappa shape index (κ1) is 24.2. The number of benzene rings is 2. The average Bonchev–Trinajstić information content (AvgIpc) is 3.29. The molecule has 2 aliphatic heterocycles. The number of nitrogens with zero attached hydrogens (tertiary/aromatic N) is 3. The molecule has 0 unspecified atom stereocenters. The summed E-state index contributed by atoms with van der Waals surface area (Å²) in [6, 6.07) is 13.1. The van der Waals surface area contributed by atoms with Crippen molar-refractivity contribution in [1.29, 1.82) is 0 Å². The van der Waals surface area contributed by atoms with Crippen molar-refractivity contribution in [3.8, 4) is 0 Å². The Kier molecular flexibility index (Phi) is 5.95. The Morgan fingerprint density at radius 1 is 1.03 bits per heavy atom. The molecule has 38 heavy (non-hydrogen) atoms. The van der Waals surface area contributed by atoms with Crippen LogP contribution in [0.25, 0.3) is 10.9 Å². The molecule has 1 aromatic heterocycles. The first-order valence-electron chi connectivity index (χ1n) is 13.1. The Morgan fingerprint density at radius 2 is 1.82 bits per heavy atom. The Bertz CT molecular complexity index is 1460. The number of piperazine rings is 1. The lowest BCUT2D eigenvalue weighted by atomic mass is 9.75. The normalized spacial score (nSPS) is 18.4. The third kappa shape index (κ3) is 4.12. The quantitative estimate of drug-likeness (QED) is 0.455. The lowest BCUT2D eigenvalue weighted by molar-refractivity contribution is -0.111. The van der Waals surface area contributed by atoms with Crippen molar-refractivity contribution in [2.75, 3.05) is 55.3 Å². The second-order valence-electron chi connectivity index (χ2n) is 10.6. The van der Waals surface area contributed by atoms with Gasteiger partial charge in [-0.05, 0) is 68.8 Å². The first-order chi connectivity index (χ1) is 18.4. The van der Waals surface area contributed by atoms with E-state index in [1.54, 1.807) is 12.1 Å². The highest BCUT2D eigenvalue weighted by atomic mass is 16.2. The van der Waals surface area contributed by atoms with Gasteiger partial charge in [0.05, 0.1) is 22.4 Å². The zero-order chi connectivity index (χ0) is 26.4. The van der Waals surface area contributed by atoms with Gasteiger partial charge in [0.15, 0.2) is 0 Å². The largest absolute Gasteiger partial charge is 0.367 e. The summed E-state index contributed by atoms with van der Waals surface area (Å²) >= 11 is 0. The molecule has 3 aliphatic rings. The standard InChI is InChI=1S/C29H32N6O3/c1-3-26(36)32-22-17-21(7-8-23(22)34-13-11-33(2)12-14-34)31-27(37)20-6-5-19-15-25-28(38)30-18-29(9-4-10-29)35(25)24(19)16-20/h3,5-8,15-17H,1,4,9-14,18H2,2H3,(H,30,38)(H,31,37)(H,32,36). The number of aromatic nitrogens is 1. The predicted molar refractivity (Wildman–Crippen MR) is 149 cm³/mol. The van der Waals surface area contributed by atoms with Crippen molar-refractivity contribution in [3.63, 3.8) is 0 Å². The van der Waals surface area contributed by atoms with Crippen LogP contribution in [0.2, 0.25) is 0 Å². The molecular formula is C29H32N6O3. The van der Waals surface area contributed by atoms with Gasteiger partial charge in [0.2, 0.25) is 5.91 Å². The molecule has 0 bridgehead atoms. The van der Waals surface area contributed by atoms with Crippen molar-refractivity contribution in [2.24, 2.45) is 0 Å². The minimum Gasteiger partial charge on any atom is -0.367 e. The van der Waals surface area contributed by atoms with Crippen LogP contribution in [0.5, 0.6) is 0 Å². The van der Waals surface area contributed by atoms with E-state index in [2.05, 4.69) is 43.9 Å². The molecule has 3 N–H and O–H groups in total. The van der Waals surface area contributed by atoms with Crippen molar-refractivity contribution < 1.29 is 14.4 Å². The zero-order valence-electron chi connectivity index (χ0n) is 21.5. The fourth-order valence-corrected chi connectivity index (χ4v) is 5.84. The lowest BCUT2D eigenvalue weighted by Crippen LogP contribution is -2.55. The summed E-state index contributed by atoms with van der Waals surface area (Å²) in [5.74, 6) is -0.626. The van der Waals surface area contributed by atoms with Crippen molar-refractivity contribution in [2.45, 2.75) is 24.8 Å². The summed E-state index contributed by atoms with van der Waals surface area (Å²) in [7, 11) is 2.10. The Morgan fingerprint density at radius 3 is 2.53 bits per heavy atom. The summed E-state index contributed by atoms with van der Waals surface area (Å²) in [6.07, 6.45) is 4.39. The number of rotatable bonds is 5. The molecule has 1 spiro atoms. The topological polar surface area (TPSA) is 98.7 Å². The van der Waals surface area contributed by atoms with Gasteiger partial charge in [-0.25, -0.2) is 0 Å². The summed E-state index contributed by atoms with van der Waals surface area (Å²) < 4.78 is 2.15. The van der Waals surface area contributed by atoms with E-state index in [0.717, 1.165) is 62.0 Å². The molecule has 6 rings (SSSR count). The predicted octanol–water partition coefficient (Wildman–Crippen LogP) is 3.39. The number of amides is 3. The molecule has 0 radical (unpaired) electrons. The van der Waals surface area contributed by atoms with Gasteiger partial charge in [0, 0.05) is 49.4 Å². The Hall–Kier alpha value is -4.11. The highest BCUT2D eigenvalue weighted by Crippen LogP contribution is 2.44. The molecule has 9 heteroatoms. The van der Waals surface area contributed by atoms with Crippen LogP contribution in [0.1, 0.15) is 40.1 Å². The highest BCUT2D eigenvalue weighted by Gasteiger charge is 2.44. The number of fused-ring (bicyclic) bond motifs is 4. The minimum absolute atomic E-state index is 0.0701. The van der Waals surface area contributed by atoms with Crippen LogP contribution in [-0.4, -0.2) is 67.0 Å². The third-order valence-electron chi connectivity index (χ3n) is 8.18. The van der Waals surface area contributed by atoms with Crippen LogP contribution < -0.4 is 20.9 Å². The fourth-order valence-electron chi connectivity index (χ4n) is 5.84. The molecule has 3 amide bonds. The van der Waals surface area contributed by atoms with E-state index in [0.29, 0.717) is 29.2 Å². The van der Waals surface area contributed by atoms with E-state index in [1.165, 1.54) is 6.08 Å². The molecule has 2 aromatic carbocycles. The van der Waals surface area contributed by atoms with E-state index < -0.39 is 0 Å². The number of nitrogens with one attached hydrogen (secondary N) is 3.